The van der Waals surface area contributed by atoms with Crippen LogP contribution in [0.4, 0.5) is 0 Å². The molecule has 2 rings (SSSR count). The van der Waals surface area contributed by atoms with Crippen LogP contribution in [-0.2, 0) is 4.74 Å². The number of halogens is 1. The summed E-state index contributed by atoms with van der Waals surface area (Å²) < 4.78 is 11.0. The zero-order valence-electron chi connectivity index (χ0n) is 10.0. The Hall–Kier alpha value is -0.840. The highest BCUT2D eigenvalue weighted by Gasteiger charge is 2.14. The standard InChI is InChI=1S/C13H16ClNO2S/c14-12-7-10(1-2-11(12)13(15)18)17-8-9-3-5-16-6-4-9/h1-2,7,9H,3-6,8H2,(H2,15,18). The second-order valence-corrected chi connectivity index (χ2v) is 5.22. The van der Waals surface area contributed by atoms with Gasteiger partial charge in [0.25, 0.3) is 0 Å². The van der Waals surface area contributed by atoms with E-state index in [9.17, 15) is 0 Å². The molecule has 0 saturated carbocycles. The fourth-order valence-electron chi connectivity index (χ4n) is 1.91. The van der Waals surface area contributed by atoms with Crippen molar-refractivity contribution in [1.29, 1.82) is 0 Å². The maximum atomic E-state index is 6.08. The van der Waals surface area contributed by atoms with E-state index in [0.717, 1.165) is 31.8 Å². The molecule has 1 aromatic carbocycles. The van der Waals surface area contributed by atoms with Crippen molar-refractivity contribution in [2.45, 2.75) is 12.8 Å². The van der Waals surface area contributed by atoms with E-state index in [4.69, 9.17) is 39.0 Å². The van der Waals surface area contributed by atoms with Gasteiger partial charge in [0.05, 0.1) is 11.6 Å². The van der Waals surface area contributed by atoms with Gasteiger partial charge in [-0.15, -0.1) is 0 Å². The van der Waals surface area contributed by atoms with Gasteiger partial charge in [0.2, 0.25) is 0 Å². The number of ether oxygens (including phenoxy) is 2. The Morgan fingerprint density at radius 2 is 2.17 bits per heavy atom. The molecule has 0 aromatic heterocycles. The predicted molar refractivity (Wildman–Crippen MR) is 76.4 cm³/mol. The van der Waals surface area contributed by atoms with Crippen LogP contribution in [0.25, 0.3) is 0 Å². The van der Waals surface area contributed by atoms with Gasteiger partial charge in [-0.25, -0.2) is 0 Å². The summed E-state index contributed by atoms with van der Waals surface area (Å²) >= 11 is 11.0. The third kappa shape index (κ3) is 3.57. The molecule has 0 amide bonds. The molecule has 1 fully saturated rings. The van der Waals surface area contributed by atoms with E-state index in [1.165, 1.54) is 0 Å². The van der Waals surface area contributed by atoms with E-state index in [0.29, 0.717) is 28.1 Å². The Morgan fingerprint density at radius 1 is 1.44 bits per heavy atom. The third-order valence-corrected chi connectivity index (χ3v) is 3.57. The molecule has 1 aliphatic heterocycles. The van der Waals surface area contributed by atoms with Crippen LogP contribution in [0.2, 0.25) is 5.02 Å². The fraction of sp³-hybridized carbons (Fsp3) is 0.462. The van der Waals surface area contributed by atoms with Crippen molar-refractivity contribution in [2.75, 3.05) is 19.8 Å². The van der Waals surface area contributed by atoms with Crippen molar-refractivity contribution in [3.8, 4) is 5.75 Å². The molecule has 98 valence electrons. The van der Waals surface area contributed by atoms with Crippen molar-refractivity contribution in [3.63, 3.8) is 0 Å². The molecule has 1 aliphatic rings. The lowest BCUT2D eigenvalue weighted by Crippen LogP contribution is -2.21. The van der Waals surface area contributed by atoms with Crippen LogP contribution in [-0.4, -0.2) is 24.8 Å². The number of benzene rings is 1. The second-order valence-electron chi connectivity index (χ2n) is 4.37. The molecule has 2 N–H and O–H groups in total. The topological polar surface area (TPSA) is 44.5 Å². The third-order valence-electron chi connectivity index (χ3n) is 3.03. The van der Waals surface area contributed by atoms with Gasteiger partial charge in [-0.2, -0.15) is 0 Å². The summed E-state index contributed by atoms with van der Waals surface area (Å²) in [6.45, 7) is 2.36. The molecular weight excluding hydrogens is 270 g/mol. The first-order valence-corrected chi connectivity index (χ1v) is 6.75. The number of nitrogens with two attached hydrogens (primary N) is 1. The van der Waals surface area contributed by atoms with E-state index in [-0.39, 0.29) is 0 Å². The lowest BCUT2D eigenvalue weighted by atomic mass is 10.0. The second kappa shape index (κ2) is 6.36. The molecule has 0 bridgehead atoms. The first kappa shape index (κ1) is 13.6. The minimum atomic E-state index is 0.302. The van der Waals surface area contributed by atoms with Crippen molar-refractivity contribution in [2.24, 2.45) is 11.7 Å². The molecule has 3 nitrogen and oxygen atoms in total. The smallest absolute Gasteiger partial charge is 0.120 e. The molecule has 5 heteroatoms. The molecule has 0 atom stereocenters. The number of hydrogen-bond donors (Lipinski definition) is 1. The lowest BCUT2D eigenvalue weighted by molar-refractivity contribution is 0.0497. The highest BCUT2D eigenvalue weighted by molar-refractivity contribution is 7.80. The molecule has 1 saturated heterocycles. The maximum absolute atomic E-state index is 6.08. The van der Waals surface area contributed by atoms with E-state index >= 15 is 0 Å². The van der Waals surface area contributed by atoms with Crippen LogP contribution in [0.5, 0.6) is 5.75 Å². The quantitative estimate of drug-likeness (QED) is 0.864. The average molecular weight is 286 g/mol. The van der Waals surface area contributed by atoms with Crippen molar-refractivity contribution < 1.29 is 9.47 Å². The van der Waals surface area contributed by atoms with Gasteiger partial charge in [-0.3, -0.25) is 0 Å². The Labute approximate surface area is 117 Å². The van der Waals surface area contributed by atoms with Gasteiger partial charge in [-0.1, -0.05) is 23.8 Å². The minimum absolute atomic E-state index is 0.302. The zero-order chi connectivity index (χ0) is 13.0. The number of rotatable bonds is 4. The number of hydrogen-bond acceptors (Lipinski definition) is 3. The summed E-state index contributed by atoms with van der Waals surface area (Å²) in [6, 6.07) is 5.40. The highest BCUT2D eigenvalue weighted by Crippen LogP contribution is 2.24. The van der Waals surface area contributed by atoms with Crippen molar-refractivity contribution >= 4 is 28.8 Å². The minimum Gasteiger partial charge on any atom is -0.493 e. The first-order valence-electron chi connectivity index (χ1n) is 5.96. The molecule has 0 spiro atoms. The molecule has 1 heterocycles. The summed E-state index contributed by atoms with van der Waals surface area (Å²) in [5.74, 6) is 1.32. The van der Waals surface area contributed by atoms with Gasteiger partial charge in [0.1, 0.15) is 10.7 Å². The molecular formula is C13H16ClNO2S. The molecule has 0 aliphatic carbocycles. The van der Waals surface area contributed by atoms with Crippen LogP contribution in [0, 0.1) is 5.92 Å². The van der Waals surface area contributed by atoms with E-state index in [2.05, 4.69) is 0 Å². The van der Waals surface area contributed by atoms with Crippen molar-refractivity contribution in [3.05, 3.63) is 28.8 Å². The summed E-state index contributed by atoms with van der Waals surface area (Å²) in [4.78, 5) is 0.302. The summed E-state index contributed by atoms with van der Waals surface area (Å²) in [7, 11) is 0. The highest BCUT2D eigenvalue weighted by atomic mass is 35.5. The van der Waals surface area contributed by atoms with Gasteiger partial charge in [0.15, 0.2) is 0 Å². The Bertz CT molecular complexity index is 433. The maximum Gasteiger partial charge on any atom is 0.120 e. The van der Waals surface area contributed by atoms with Crippen LogP contribution in [0.3, 0.4) is 0 Å². The predicted octanol–water partition coefficient (Wildman–Crippen LogP) is 2.78. The lowest BCUT2D eigenvalue weighted by Gasteiger charge is -2.22. The normalized spacial score (nSPS) is 16.5. The van der Waals surface area contributed by atoms with Crippen LogP contribution in [0.15, 0.2) is 18.2 Å². The largest absolute Gasteiger partial charge is 0.493 e. The van der Waals surface area contributed by atoms with E-state index in [1.807, 2.05) is 6.07 Å². The summed E-state index contributed by atoms with van der Waals surface area (Å²) in [5, 5.41) is 0.534. The van der Waals surface area contributed by atoms with E-state index in [1.54, 1.807) is 12.1 Å². The Kier molecular flexibility index (Phi) is 4.80. The van der Waals surface area contributed by atoms with Crippen LogP contribution >= 0.6 is 23.8 Å². The van der Waals surface area contributed by atoms with E-state index < -0.39 is 0 Å². The fourth-order valence-corrected chi connectivity index (χ4v) is 2.42. The van der Waals surface area contributed by atoms with Gasteiger partial charge >= 0.3 is 0 Å². The van der Waals surface area contributed by atoms with Crippen LogP contribution < -0.4 is 10.5 Å². The monoisotopic (exact) mass is 285 g/mol. The molecule has 0 radical (unpaired) electrons. The van der Waals surface area contributed by atoms with Crippen LogP contribution in [0.1, 0.15) is 18.4 Å². The Morgan fingerprint density at radius 3 is 2.78 bits per heavy atom. The summed E-state index contributed by atoms with van der Waals surface area (Å²) in [6.07, 6.45) is 2.11. The first-order chi connectivity index (χ1) is 8.66. The molecule has 0 unspecified atom stereocenters. The SMILES string of the molecule is NC(=S)c1ccc(OCC2CCOCC2)cc1Cl. The summed E-state index contributed by atoms with van der Waals surface area (Å²) in [5.41, 5.74) is 6.23. The molecule has 18 heavy (non-hydrogen) atoms. The average Bonchev–Trinajstić information content (AvgIpc) is 2.37. The van der Waals surface area contributed by atoms with Gasteiger partial charge in [0, 0.05) is 18.8 Å². The zero-order valence-corrected chi connectivity index (χ0v) is 11.6. The van der Waals surface area contributed by atoms with Crippen molar-refractivity contribution in [1.82, 2.24) is 0 Å². The van der Waals surface area contributed by atoms with Gasteiger partial charge in [-0.05, 0) is 37.0 Å². The Balaban J connectivity index is 1.93. The molecule has 1 aromatic rings. The number of thiocarbonyl (C=S) groups is 1. The van der Waals surface area contributed by atoms with Gasteiger partial charge < -0.3 is 15.2 Å².